The Morgan fingerprint density at radius 3 is 1.95 bits per heavy atom. The second-order valence-corrected chi connectivity index (χ2v) is 5.40. The zero-order valence-electron chi connectivity index (χ0n) is 12.1. The van der Waals surface area contributed by atoms with Gasteiger partial charge in [0.05, 0.1) is 17.4 Å². The highest BCUT2D eigenvalue weighted by Gasteiger charge is 2.19. The Kier molecular flexibility index (Phi) is 3.20. The largest absolute Gasteiger partial charge is 0.345 e. The van der Waals surface area contributed by atoms with E-state index in [4.69, 9.17) is 0 Å². The number of benzene rings is 3. The molecular formula is C20H16N2. The van der Waals surface area contributed by atoms with Gasteiger partial charge in [0, 0.05) is 5.92 Å². The molecule has 0 fully saturated rings. The molecule has 4 aromatic rings. The van der Waals surface area contributed by atoms with Crippen molar-refractivity contribution in [1.29, 1.82) is 0 Å². The van der Waals surface area contributed by atoms with E-state index in [1.54, 1.807) is 6.33 Å². The van der Waals surface area contributed by atoms with Crippen molar-refractivity contribution in [2.24, 2.45) is 0 Å². The van der Waals surface area contributed by atoms with Gasteiger partial charge in [-0.25, -0.2) is 4.98 Å². The molecule has 0 aliphatic carbocycles. The van der Waals surface area contributed by atoms with Crippen LogP contribution in [0.2, 0.25) is 0 Å². The van der Waals surface area contributed by atoms with Crippen molar-refractivity contribution in [3.8, 4) is 0 Å². The maximum atomic E-state index is 4.54. The van der Waals surface area contributed by atoms with E-state index in [9.17, 15) is 0 Å². The molecule has 0 saturated carbocycles. The summed E-state index contributed by atoms with van der Waals surface area (Å²) < 4.78 is 0. The number of imidazole rings is 1. The topological polar surface area (TPSA) is 28.7 Å². The molecule has 1 aromatic heterocycles. The summed E-state index contributed by atoms with van der Waals surface area (Å²) in [4.78, 5) is 7.74. The molecule has 1 N–H and O–H groups in total. The van der Waals surface area contributed by atoms with E-state index < -0.39 is 0 Å². The number of aromatic nitrogens is 2. The molecule has 0 unspecified atom stereocenters. The SMILES string of the molecule is c1ccc(C(c2ccccc2)c2cccc3[nH]cnc23)cc1. The van der Waals surface area contributed by atoms with Gasteiger partial charge in [-0.2, -0.15) is 0 Å². The number of nitrogens with zero attached hydrogens (tertiary/aromatic N) is 1. The second-order valence-electron chi connectivity index (χ2n) is 5.40. The third-order valence-electron chi connectivity index (χ3n) is 4.06. The maximum absolute atomic E-state index is 4.54. The van der Waals surface area contributed by atoms with Crippen LogP contribution in [0.15, 0.2) is 85.2 Å². The van der Waals surface area contributed by atoms with Crippen LogP contribution in [0.25, 0.3) is 11.0 Å². The van der Waals surface area contributed by atoms with Crippen LogP contribution < -0.4 is 0 Å². The van der Waals surface area contributed by atoms with Gasteiger partial charge in [-0.15, -0.1) is 0 Å². The first-order chi connectivity index (χ1) is 10.9. The van der Waals surface area contributed by atoms with Crippen LogP contribution in [0, 0.1) is 0 Å². The summed E-state index contributed by atoms with van der Waals surface area (Å²) >= 11 is 0. The van der Waals surface area contributed by atoms with Gasteiger partial charge in [-0.05, 0) is 22.8 Å². The van der Waals surface area contributed by atoms with Gasteiger partial charge in [-0.1, -0.05) is 72.8 Å². The Morgan fingerprint density at radius 1 is 0.682 bits per heavy atom. The van der Waals surface area contributed by atoms with Crippen molar-refractivity contribution >= 4 is 11.0 Å². The van der Waals surface area contributed by atoms with Gasteiger partial charge in [-0.3, -0.25) is 0 Å². The molecule has 3 aromatic carbocycles. The molecule has 0 atom stereocenters. The van der Waals surface area contributed by atoms with Crippen LogP contribution >= 0.6 is 0 Å². The Hall–Kier alpha value is -2.87. The monoisotopic (exact) mass is 284 g/mol. The lowest BCUT2D eigenvalue weighted by atomic mass is 9.84. The molecule has 22 heavy (non-hydrogen) atoms. The average Bonchev–Trinajstić information content (AvgIpc) is 3.07. The van der Waals surface area contributed by atoms with Crippen LogP contribution in [0.5, 0.6) is 0 Å². The predicted octanol–water partition coefficient (Wildman–Crippen LogP) is 4.74. The quantitative estimate of drug-likeness (QED) is 0.541. The summed E-state index contributed by atoms with van der Waals surface area (Å²) in [5.74, 6) is 0.189. The Morgan fingerprint density at radius 2 is 1.32 bits per heavy atom. The number of para-hydroxylation sites is 1. The van der Waals surface area contributed by atoms with Crippen molar-refractivity contribution in [1.82, 2.24) is 9.97 Å². The Bertz CT molecular complexity index is 840. The zero-order valence-corrected chi connectivity index (χ0v) is 12.1. The Balaban J connectivity index is 1.97. The normalized spacial score (nSPS) is 11.1. The Labute approximate surface area is 129 Å². The van der Waals surface area contributed by atoms with Gasteiger partial charge in [0.1, 0.15) is 0 Å². The molecule has 4 rings (SSSR count). The molecule has 2 heteroatoms. The highest BCUT2D eigenvalue weighted by Crippen LogP contribution is 2.34. The lowest BCUT2D eigenvalue weighted by molar-refractivity contribution is 0.985. The maximum Gasteiger partial charge on any atom is 0.0932 e. The van der Waals surface area contributed by atoms with Gasteiger partial charge < -0.3 is 4.98 Å². The molecule has 2 nitrogen and oxygen atoms in total. The van der Waals surface area contributed by atoms with Crippen LogP contribution in [0.4, 0.5) is 0 Å². The van der Waals surface area contributed by atoms with Crippen molar-refractivity contribution in [2.75, 3.05) is 0 Å². The summed E-state index contributed by atoms with van der Waals surface area (Å²) in [6, 6.07) is 27.6. The molecule has 0 saturated heterocycles. The summed E-state index contributed by atoms with van der Waals surface area (Å²) in [5.41, 5.74) is 5.92. The summed E-state index contributed by atoms with van der Waals surface area (Å²) in [6.45, 7) is 0. The van der Waals surface area contributed by atoms with E-state index in [1.165, 1.54) is 16.7 Å². The number of nitrogens with one attached hydrogen (secondary N) is 1. The van der Waals surface area contributed by atoms with Crippen molar-refractivity contribution < 1.29 is 0 Å². The first-order valence-corrected chi connectivity index (χ1v) is 7.45. The fraction of sp³-hybridized carbons (Fsp3) is 0.0500. The lowest BCUT2D eigenvalue weighted by Crippen LogP contribution is -2.04. The minimum absolute atomic E-state index is 0.189. The third kappa shape index (κ3) is 2.19. The van der Waals surface area contributed by atoms with E-state index >= 15 is 0 Å². The molecule has 106 valence electrons. The number of rotatable bonds is 3. The van der Waals surface area contributed by atoms with Crippen molar-refractivity contribution in [3.63, 3.8) is 0 Å². The molecule has 0 bridgehead atoms. The first-order valence-electron chi connectivity index (χ1n) is 7.45. The number of hydrogen-bond acceptors (Lipinski definition) is 1. The zero-order chi connectivity index (χ0) is 14.8. The summed E-state index contributed by atoms with van der Waals surface area (Å²) in [6.07, 6.45) is 1.77. The minimum atomic E-state index is 0.189. The van der Waals surface area contributed by atoms with E-state index in [1.807, 2.05) is 0 Å². The average molecular weight is 284 g/mol. The van der Waals surface area contributed by atoms with Crippen molar-refractivity contribution in [2.45, 2.75) is 5.92 Å². The van der Waals surface area contributed by atoms with Gasteiger partial charge in [0.15, 0.2) is 0 Å². The molecule has 0 radical (unpaired) electrons. The molecule has 0 amide bonds. The van der Waals surface area contributed by atoms with Gasteiger partial charge in [0.2, 0.25) is 0 Å². The number of hydrogen-bond donors (Lipinski definition) is 1. The highest BCUT2D eigenvalue weighted by atomic mass is 14.9. The first kappa shape index (κ1) is 12.8. The van der Waals surface area contributed by atoms with Crippen LogP contribution in [0.3, 0.4) is 0 Å². The van der Waals surface area contributed by atoms with E-state index in [0.717, 1.165) is 11.0 Å². The smallest absolute Gasteiger partial charge is 0.0932 e. The highest BCUT2D eigenvalue weighted by molar-refractivity contribution is 5.80. The summed E-state index contributed by atoms with van der Waals surface area (Å²) in [7, 11) is 0. The molecular weight excluding hydrogens is 268 g/mol. The predicted molar refractivity (Wildman–Crippen MR) is 89.9 cm³/mol. The van der Waals surface area contributed by atoms with E-state index in [0.29, 0.717) is 0 Å². The number of fused-ring (bicyclic) bond motifs is 1. The second kappa shape index (κ2) is 5.49. The van der Waals surface area contributed by atoms with E-state index in [-0.39, 0.29) is 5.92 Å². The molecule has 0 spiro atoms. The van der Waals surface area contributed by atoms with Gasteiger partial charge >= 0.3 is 0 Å². The molecule has 0 aliphatic rings. The van der Waals surface area contributed by atoms with Gasteiger partial charge in [0.25, 0.3) is 0 Å². The number of aromatic amines is 1. The fourth-order valence-corrected chi connectivity index (χ4v) is 3.06. The van der Waals surface area contributed by atoms with E-state index in [2.05, 4.69) is 88.8 Å². The lowest BCUT2D eigenvalue weighted by Gasteiger charge is -2.19. The van der Waals surface area contributed by atoms with Crippen molar-refractivity contribution in [3.05, 3.63) is 102 Å². The fourth-order valence-electron chi connectivity index (χ4n) is 3.06. The number of H-pyrrole nitrogens is 1. The van der Waals surface area contributed by atoms with Crippen LogP contribution in [0.1, 0.15) is 22.6 Å². The minimum Gasteiger partial charge on any atom is -0.345 e. The van der Waals surface area contributed by atoms with Crippen LogP contribution in [-0.2, 0) is 0 Å². The molecule has 1 heterocycles. The summed E-state index contributed by atoms with van der Waals surface area (Å²) in [5, 5.41) is 0. The standard InChI is InChI=1S/C20H16N2/c1-3-8-15(9-4-1)19(16-10-5-2-6-11-16)17-12-7-13-18-20(17)22-14-21-18/h1-14,19H,(H,21,22). The third-order valence-corrected chi connectivity index (χ3v) is 4.06. The molecule has 0 aliphatic heterocycles. The van der Waals surface area contributed by atoms with Crippen LogP contribution in [-0.4, -0.2) is 9.97 Å².